The summed E-state index contributed by atoms with van der Waals surface area (Å²) in [5.74, 6) is 0.981. The van der Waals surface area contributed by atoms with Gasteiger partial charge in [-0.05, 0) is 50.2 Å². The van der Waals surface area contributed by atoms with E-state index < -0.39 is 0 Å². The van der Waals surface area contributed by atoms with E-state index in [2.05, 4.69) is 32.5 Å². The fraction of sp³-hybridized carbons (Fsp3) is 0.273. The van der Waals surface area contributed by atoms with Gasteiger partial charge in [0.05, 0.1) is 0 Å². The lowest BCUT2D eigenvalue weighted by Crippen LogP contribution is -2.15. The van der Waals surface area contributed by atoms with E-state index in [1.54, 1.807) is 0 Å². The highest BCUT2D eigenvalue weighted by atomic mass is 16.1. The Morgan fingerprint density at radius 1 is 1.15 bits per heavy atom. The number of rotatable bonds is 6. The molecule has 1 aliphatic carbocycles. The first kappa shape index (κ1) is 17.5. The van der Waals surface area contributed by atoms with Crippen LogP contribution in [-0.4, -0.2) is 35.1 Å². The molecule has 3 aromatic rings. The Morgan fingerprint density at radius 3 is 2.63 bits per heavy atom. The minimum atomic E-state index is -0.137. The second kappa shape index (κ2) is 7.37. The van der Waals surface area contributed by atoms with Gasteiger partial charge >= 0.3 is 0 Å². The summed E-state index contributed by atoms with van der Waals surface area (Å²) < 4.78 is 0. The molecule has 0 bridgehead atoms. The van der Waals surface area contributed by atoms with Crippen LogP contribution in [0, 0.1) is 0 Å². The molecule has 0 saturated heterocycles. The normalized spacial score (nSPS) is 13.7. The van der Waals surface area contributed by atoms with Crippen LogP contribution in [0.5, 0.6) is 0 Å². The first-order chi connectivity index (χ1) is 13.1. The maximum atomic E-state index is 12.9. The third kappa shape index (κ3) is 3.93. The van der Waals surface area contributed by atoms with Gasteiger partial charge in [0, 0.05) is 29.3 Å². The molecular weight excluding hydrogens is 336 g/mol. The van der Waals surface area contributed by atoms with Gasteiger partial charge in [-0.25, -0.2) is 0 Å². The second-order valence-corrected chi connectivity index (χ2v) is 7.39. The largest absolute Gasteiger partial charge is 0.305 e. The van der Waals surface area contributed by atoms with Crippen molar-refractivity contribution in [1.29, 1.82) is 0 Å². The van der Waals surface area contributed by atoms with Gasteiger partial charge in [0.25, 0.3) is 5.91 Å². The number of aromatic amines is 1. The van der Waals surface area contributed by atoms with Crippen molar-refractivity contribution in [2.24, 2.45) is 0 Å². The molecule has 5 heteroatoms. The minimum Gasteiger partial charge on any atom is -0.305 e. The van der Waals surface area contributed by atoms with Crippen molar-refractivity contribution in [2.45, 2.75) is 25.3 Å². The first-order valence-electron chi connectivity index (χ1n) is 9.30. The van der Waals surface area contributed by atoms with E-state index in [-0.39, 0.29) is 5.91 Å². The van der Waals surface area contributed by atoms with Crippen LogP contribution < -0.4 is 5.32 Å². The molecular formula is C22H24N4O. The number of nitrogens with one attached hydrogen (secondary N) is 2. The molecule has 0 aliphatic heterocycles. The van der Waals surface area contributed by atoms with Gasteiger partial charge in [0.15, 0.2) is 5.82 Å². The van der Waals surface area contributed by atoms with Crippen LogP contribution in [0.1, 0.15) is 40.4 Å². The van der Waals surface area contributed by atoms with Crippen molar-refractivity contribution in [1.82, 2.24) is 15.1 Å². The molecule has 4 rings (SSSR count). The fourth-order valence-electron chi connectivity index (χ4n) is 3.37. The molecule has 138 valence electrons. The molecule has 2 N–H and O–H groups in total. The van der Waals surface area contributed by atoms with Gasteiger partial charge in [-0.1, -0.05) is 42.5 Å². The quantitative estimate of drug-likeness (QED) is 0.690. The number of hydrogen-bond acceptors (Lipinski definition) is 3. The van der Waals surface area contributed by atoms with Gasteiger partial charge in [-0.2, -0.15) is 5.10 Å². The van der Waals surface area contributed by atoms with Crippen LogP contribution in [0.15, 0.2) is 54.6 Å². The molecule has 1 amide bonds. The topological polar surface area (TPSA) is 61.0 Å². The van der Waals surface area contributed by atoms with Gasteiger partial charge < -0.3 is 10.2 Å². The number of amides is 1. The predicted octanol–water partition coefficient (Wildman–Crippen LogP) is 4.27. The zero-order valence-electron chi connectivity index (χ0n) is 15.7. The number of carbonyl (C=O) groups excluding carboxylic acids is 1. The van der Waals surface area contributed by atoms with Crippen LogP contribution in [0.3, 0.4) is 0 Å². The summed E-state index contributed by atoms with van der Waals surface area (Å²) in [6.45, 7) is 0.796. The second-order valence-electron chi connectivity index (χ2n) is 7.39. The Morgan fingerprint density at radius 2 is 1.93 bits per heavy atom. The van der Waals surface area contributed by atoms with Crippen molar-refractivity contribution in [3.63, 3.8) is 0 Å². The van der Waals surface area contributed by atoms with Crippen molar-refractivity contribution in [3.8, 4) is 11.1 Å². The van der Waals surface area contributed by atoms with E-state index >= 15 is 0 Å². The summed E-state index contributed by atoms with van der Waals surface area (Å²) in [4.78, 5) is 14.9. The number of aromatic nitrogens is 2. The first-order valence-corrected chi connectivity index (χ1v) is 9.30. The lowest BCUT2D eigenvalue weighted by molar-refractivity contribution is 0.102. The molecule has 27 heavy (non-hydrogen) atoms. The molecule has 1 saturated carbocycles. The van der Waals surface area contributed by atoms with E-state index in [4.69, 9.17) is 0 Å². The summed E-state index contributed by atoms with van der Waals surface area (Å²) >= 11 is 0. The Kier molecular flexibility index (Phi) is 4.77. The van der Waals surface area contributed by atoms with Crippen molar-refractivity contribution in [3.05, 3.63) is 71.4 Å². The van der Waals surface area contributed by atoms with Crippen LogP contribution in [0.2, 0.25) is 0 Å². The molecule has 0 atom stereocenters. The predicted molar refractivity (Wildman–Crippen MR) is 108 cm³/mol. The summed E-state index contributed by atoms with van der Waals surface area (Å²) in [6.07, 6.45) is 2.34. The molecule has 1 aromatic heterocycles. The number of carbonyl (C=O) groups is 1. The SMILES string of the molecule is CN(C)Cc1cccc(C(=O)Nc2n[nH]c(C3CC3)c2-c2ccccc2)c1. The smallest absolute Gasteiger partial charge is 0.256 e. The average molecular weight is 360 g/mol. The van der Waals surface area contributed by atoms with Gasteiger partial charge in [-0.15, -0.1) is 0 Å². The maximum absolute atomic E-state index is 12.9. The van der Waals surface area contributed by atoms with Gasteiger partial charge in [-0.3, -0.25) is 9.89 Å². The van der Waals surface area contributed by atoms with E-state index in [0.29, 0.717) is 17.3 Å². The van der Waals surface area contributed by atoms with Crippen LogP contribution >= 0.6 is 0 Å². The average Bonchev–Trinajstić information content (AvgIpc) is 3.43. The maximum Gasteiger partial charge on any atom is 0.256 e. The van der Waals surface area contributed by atoms with Crippen LogP contribution in [0.25, 0.3) is 11.1 Å². The molecule has 0 spiro atoms. The number of anilines is 1. The number of H-pyrrole nitrogens is 1. The van der Waals surface area contributed by atoms with E-state index in [0.717, 1.165) is 28.9 Å². The van der Waals surface area contributed by atoms with E-state index in [9.17, 15) is 4.79 Å². The van der Waals surface area contributed by atoms with Crippen LogP contribution in [0.4, 0.5) is 5.82 Å². The fourth-order valence-corrected chi connectivity index (χ4v) is 3.37. The lowest BCUT2D eigenvalue weighted by atomic mass is 10.0. The molecule has 1 fully saturated rings. The Labute approximate surface area is 159 Å². The zero-order valence-corrected chi connectivity index (χ0v) is 15.7. The minimum absolute atomic E-state index is 0.137. The molecule has 1 aliphatic rings. The molecule has 2 aromatic carbocycles. The molecule has 0 unspecified atom stereocenters. The zero-order chi connectivity index (χ0) is 18.8. The number of nitrogens with zero attached hydrogens (tertiary/aromatic N) is 2. The summed E-state index contributed by atoms with van der Waals surface area (Å²) in [5.41, 5.74) is 4.96. The number of hydrogen-bond donors (Lipinski definition) is 2. The van der Waals surface area contributed by atoms with Crippen LogP contribution in [-0.2, 0) is 6.54 Å². The Balaban J connectivity index is 1.62. The molecule has 5 nitrogen and oxygen atoms in total. The third-order valence-electron chi connectivity index (χ3n) is 4.76. The highest BCUT2D eigenvalue weighted by Gasteiger charge is 2.30. The lowest BCUT2D eigenvalue weighted by Gasteiger charge is -2.11. The summed E-state index contributed by atoms with van der Waals surface area (Å²) in [6, 6.07) is 17.9. The standard InChI is InChI=1S/C22H24N4O/c1-26(2)14-15-7-6-10-18(13-15)22(27)23-21-19(16-8-4-3-5-9-16)20(24-25-21)17-11-12-17/h3-10,13,17H,11-12,14H2,1-2H3,(H2,23,24,25,27). The van der Waals surface area contributed by atoms with Gasteiger partial charge in [0.1, 0.15) is 0 Å². The van der Waals surface area contributed by atoms with E-state index in [1.807, 2.05) is 56.6 Å². The number of benzene rings is 2. The Bertz CT molecular complexity index is 942. The molecule has 0 radical (unpaired) electrons. The Hall–Kier alpha value is -2.92. The van der Waals surface area contributed by atoms with E-state index in [1.165, 1.54) is 12.8 Å². The summed E-state index contributed by atoms with van der Waals surface area (Å²) in [5, 5.41) is 10.6. The van der Waals surface area contributed by atoms with Gasteiger partial charge in [0.2, 0.25) is 0 Å². The van der Waals surface area contributed by atoms with Crippen molar-refractivity contribution in [2.75, 3.05) is 19.4 Å². The summed E-state index contributed by atoms with van der Waals surface area (Å²) in [7, 11) is 4.03. The third-order valence-corrected chi connectivity index (χ3v) is 4.76. The molecule has 1 heterocycles. The van der Waals surface area contributed by atoms with Crippen molar-refractivity contribution < 1.29 is 4.79 Å². The van der Waals surface area contributed by atoms with Crippen molar-refractivity contribution >= 4 is 11.7 Å². The highest BCUT2D eigenvalue weighted by molar-refractivity contribution is 6.05. The highest BCUT2D eigenvalue weighted by Crippen LogP contribution is 2.45. The monoisotopic (exact) mass is 360 g/mol.